The summed E-state index contributed by atoms with van der Waals surface area (Å²) in [4.78, 5) is 12.1. The number of fused-ring (bicyclic) bond motifs is 1. The van der Waals surface area contributed by atoms with Crippen LogP contribution in [0.25, 0.3) is 0 Å². The summed E-state index contributed by atoms with van der Waals surface area (Å²) in [5.41, 5.74) is 0. The van der Waals surface area contributed by atoms with Gasteiger partial charge in [0.1, 0.15) is 0 Å². The van der Waals surface area contributed by atoms with Gasteiger partial charge in [-0.1, -0.05) is 19.3 Å². The number of hydrogen-bond donors (Lipinski definition) is 2. The van der Waals surface area contributed by atoms with E-state index in [2.05, 4.69) is 16.9 Å². The van der Waals surface area contributed by atoms with E-state index < -0.39 is 0 Å². The fraction of sp³-hybridized carbons (Fsp3) is 0.933. The molecule has 0 bridgehead atoms. The SMILES string of the molecule is CSCCCCCCNC(=O)C1NCC2CCCC21. The Kier molecular flexibility index (Phi) is 6.51. The van der Waals surface area contributed by atoms with Gasteiger partial charge in [0, 0.05) is 6.54 Å². The molecule has 3 atom stereocenters. The Morgan fingerprint density at radius 3 is 2.95 bits per heavy atom. The highest BCUT2D eigenvalue weighted by molar-refractivity contribution is 7.98. The summed E-state index contributed by atoms with van der Waals surface area (Å²) in [5.74, 6) is 2.89. The van der Waals surface area contributed by atoms with Crippen molar-refractivity contribution in [2.75, 3.05) is 25.1 Å². The van der Waals surface area contributed by atoms with Crippen LogP contribution in [0.3, 0.4) is 0 Å². The monoisotopic (exact) mass is 284 g/mol. The lowest BCUT2D eigenvalue weighted by molar-refractivity contribution is -0.123. The molecule has 110 valence electrons. The van der Waals surface area contributed by atoms with E-state index >= 15 is 0 Å². The van der Waals surface area contributed by atoms with Gasteiger partial charge in [0.05, 0.1) is 6.04 Å². The van der Waals surface area contributed by atoms with Crippen molar-refractivity contribution in [3.05, 3.63) is 0 Å². The molecule has 1 amide bonds. The van der Waals surface area contributed by atoms with Crippen molar-refractivity contribution in [1.82, 2.24) is 10.6 Å². The topological polar surface area (TPSA) is 41.1 Å². The third-order valence-corrected chi connectivity index (χ3v) is 5.30. The molecule has 0 aromatic heterocycles. The molecule has 19 heavy (non-hydrogen) atoms. The summed E-state index contributed by atoms with van der Waals surface area (Å²) in [6.45, 7) is 1.91. The summed E-state index contributed by atoms with van der Waals surface area (Å²) in [5, 5.41) is 6.53. The van der Waals surface area contributed by atoms with E-state index in [0.717, 1.165) is 25.4 Å². The second-order valence-electron chi connectivity index (χ2n) is 5.94. The number of hydrogen-bond acceptors (Lipinski definition) is 3. The van der Waals surface area contributed by atoms with Crippen LogP contribution in [-0.4, -0.2) is 37.0 Å². The Labute approximate surface area is 121 Å². The molecule has 4 heteroatoms. The predicted molar refractivity (Wildman–Crippen MR) is 82.5 cm³/mol. The summed E-state index contributed by atoms with van der Waals surface area (Å²) in [6.07, 6.45) is 11.0. The van der Waals surface area contributed by atoms with Crippen molar-refractivity contribution in [2.24, 2.45) is 11.8 Å². The highest BCUT2D eigenvalue weighted by Gasteiger charge is 2.42. The zero-order valence-electron chi connectivity index (χ0n) is 12.1. The Bertz CT molecular complexity index is 285. The van der Waals surface area contributed by atoms with E-state index in [9.17, 15) is 4.79 Å². The van der Waals surface area contributed by atoms with Crippen molar-refractivity contribution in [3.63, 3.8) is 0 Å². The fourth-order valence-electron chi connectivity index (χ4n) is 3.52. The quantitative estimate of drug-likeness (QED) is 0.673. The van der Waals surface area contributed by atoms with Gasteiger partial charge in [-0.05, 0) is 56.1 Å². The van der Waals surface area contributed by atoms with E-state index in [1.54, 1.807) is 0 Å². The molecule has 1 aliphatic carbocycles. The molecule has 3 nitrogen and oxygen atoms in total. The number of carbonyl (C=O) groups is 1. The summed E-state index contributed by atoms with van der Waals surface area (Å²) >= 11 is 1.92. The molecule has 1 saturated carbocycles. The van der Waals surface area contributed by atoms with Crippen molar-refractivity contribution < 1.29 is 4.79 Å². The van der Waals surface area contributed by atoms with Gasteiger partial charge >= 0.3 is 0 Å². The third-order valence-electron chi connectivity index (χ3n) is 4.60. The molecule has 0 aromatic carbocycles. The van der Waals surface area contributed by atoms with E-state index in [4.69, 9.17) is 0 Å². The van der Waals surface area contributed by atoms with Crippen LogP contribution in [0.5, 0.6) is 0 Å². The first-order valence-corrected chi connectivity index (χ1v) is 9.22. The van der Waals surface area contributed by atoms with Gasteiger partial charge in [-0.25, -0.2) is 0 Å². The molecular formula is C15H28N2OS. The number of nitrogens with one attached hydrogen (secondary N) is 2. The maximum Gasteiger partial charge on any atom is 0.237 e. The molecule has 0 spiro atoms. The number of amides is 1. The molecule has 0 radical (unpaired) electrons. The van der Waals surface area contributed by atoms with Crippen molar-refractivity contribution in [3.8, 4) is 0 Å². The Morgan fingerprint density at radius 2 is 2.11 bits per heavy atom. The van der Waals surface area contributed by atoms with Crippen molar-refractivity contribution >= 4 is 17.7 Å². The molecule has 0 aromatic rings. The predicted octanol–water partition coefficient (Wildman–Crippen LogP) is 2.41. The molecule has 2 fully saturated rings. The van der Waals surface area contributed by atoms with Gasteiger partial charge in [-0.2, -0.15) is 11.8 Å². The molecule has 3 unspecified atom stereocenters. The molecule has 2 aliphatic rings. The summed E-state index contributed by atoms with van der Waals surface area (Å²) < 4.78 is 0. The first-order valence-electron chi connectivity index (χ1n) is 7.83. The minimum Gasteiger partial charge on any atom is -0.355 e. The maximum atomic E-state index is 12.1. The van der Waals surface area contributed by atoms with E-state index in [0.29, 0.717) is 5.92 Å². The Hall–Kier alpha value is -0.220. The van der Waals surface area contributed by atoms with Gasteiger partial charge in [0.25, 0.3) is 0 Å². The normalized spacial score (nSPS) is 29.4. The van der Waals surface area contributed by atoms with Crippen LogP contribution >= 0.6 is 11.8 Å². The van der Waals surface area contributed by atoms with Crippen LogP contribution in [-0.2, 0) is 4.79 Å². The zero-order valence-corrected chi connectivity index (χ0v) is 12.9. The van der Waals surface area contributed by atoms with Crippen molar-refractivity contribution in [1.29, 1.82) is 0 Å². The molecule has 2 N–H and O–H groups in total. The summed E-state index contributed by atoms with van der Waals surface area (Å²) in [6, 6.07) is 0.101. The summed E-state index contributed by atoms with van der Waals surface area (Å²) in [7, 11) is 0. The van der Waals surface area contributed by atoms with Crippen LogP contribution < -0.4 is 10.6 Å². The molecule has 1 aliphatic heterocycles. The average Bonchev–Trinajstić information content (AvgIpc) is 2.99. The minimum atomic E-state index is 0.101. The van der Waals surface area contributed by atoms with Gasteiger partial charge in [-0.3, -0.25) is 4.79 Å². The van der Waals surface area contributed by atoms with Gasteiger partial charge < -0.3 is 10.6 Å². The van der Waals surface area contributed by atoms with Crippen molar-refractivity contribution in [2.45, 2.75) is 51.0 Å². The van der Waals surface area contributed by atoms with E-state index in [-0.39, 0.29) is 11.9 Å². The van der Waals surface area contributed by atoms with E-state index in [1.165, 1.54) is 44.3 Å². The van der Waals surface area contributed by atoms with Gasteiger partial charge in [0.2, 0.25) is 5.91 Å². The minimum absolute atomic E-state index is 0.101. The highest BCUT2D eigenvalue weighted by atomic mass is 32.2. The lowest BCUT2D eigenvalue weighted by atomic mass is 9.93. The van der Waals surface area contributed by atoms with E-state index in [1.807, 2.05) is 11.8 Å². The van der Waals surface area contributed by atoms with Gasteiger partial charge in [0.15, 0.2) is 0 Å². The lowest BCUT2D eigenvalue weighted by Gasteiger charge is -2.17. The average molecular weight is 284 g/mol. The lowest BCUT2D eigenvalue weighted by Crippen LogP contribution is -2.44. The van der Waals surface area contributed by atoms with Crippen LogP contribution in [0.15, 0.2) is 0 Å². The first-order chi connectivity index (χ1) is 9.33. The molecule has 1 saturated heterocycles. The van der Waals surface area contributed by atoms with Crippen LogP contribution in [0.1, 0.15) is 44.9 Å². The fourth-order valence-corrected chi connectivity index (χ4v) is 4.01. The van der Waals surface area contributed by atoms with Gasteiger partial charge in [-0.15, -0.1) is 0 Å². The Morgan fingerprint density at radius 1 is 1.26 bits per heavy atom. The number of unbranched alkanes of at least 4 members (excludes halogenated alkanes) is 3. The van der Waals surface area contributed by atoms with Crippen LogP contribution in [0.4, 0.5) is 0 Å². The molecular weight excluding hydrogens is 256 g/mol. The third kappa shape index (κ3) is 4.38. The zero-order chi connectivity index (χ0) is 13.5. The van der Waals surface area contributed by atoms with Crippen LogP contribution in [0, 0.1) is 11.8 Å². The standard InChI is InChI=1S/C15H28N2OS/c1-19-10-5-3-2-4-9-16-15(18)14-13-8-6-7-12(13)11-17-14/h12-14,17H,2-11H2,1H3,(H,16,18). The van der Waals surface area contributed by atoms with Crippen LogP contribution in [0.2, 0.25) is 0 Å². The number of carbonyl (C=O) groups excluding carboxylic acids is 1. The second kappa shape index (κ2) is 8.15. The Balaban J connectivity index is 1.55. The first kappa shape index (κ1) is 15.2. The largest absolute Gasteiger partial charge is 0.355 e. The molecule has 2 rings (SSSR count). The number of thioether (sulfide) groups is 1. The highest BCUT2D eigenvalue weighted by Crippen LogP contribution is 2.37. The molecule has 1 heterocycles. The number of rotatable bonds is 8. The maximum absolute atomic E-state index is 12.1. The second-order valence-corrected chi connectivity index (χ2v) is 6.92. The smallest absolute Gasteiger partial charge is 0.237 e.